The number of amides is 3. The van der Waals surface area contributed by atoms with Gasteiger partial charge in [0.05, 0.1) is 29.2 Å². The van der Waals surface area contributed by atoms with Crippen LogP contribution in [0.5, 0.6) is 0 Å². The average Bonchev–Trinajstić information content (AvgIpc) is 3.30. The molecule has 1 heterocycles. The number of hydrogen-bond donors (Lipinski definition) is 1. The number of nitro groups is 1. The molecule has 11 nitrogen and oxygen atoms in total. The Balaban J connectivity index is 1.97. The third-order valence-corrected chi connectivity index (χ3v) is 5.28. The van der Waals surface area contributed by atoms with Crippen molar-refractivity contribution in [3.8, 4) is 0 Å². The molecular weight excluding hydrogens is 444 g/mol. The lowest BCUT2D eigenvalue weighted by atomic mass is 9.99. The fraction of sp³-hybridized carbons (Fsp3) is 0.435. The van der Waals surface area contributed by atoms with Crippen LogP contribution in [0.3, 0.4) is 0 Å². The molecule has 11 heteroatoms. The highest BCUT2D eigenvalue weighted by atomic mass is 16.6. The van der Waals surface area contributed by atoms with Crippen LogP contribution in [0, 0.1) is 16.0 Å². The number of hydrazine groups is 1. The molecule has 0 saturated heterocycles. The van der Waals surface area contributed by atoms with E-state index < -0.39 is 47.3 Å². The third kappa shape index (κ3) is 5.19. The number of rotatable bonds is 5. The first kappa shape index (κ1) is 24.7. The molecular formula is C23H28N4O7. The number of carbonyl (C=O) groups excluding carboxylic acids is 3. The number of carbonyl (C=O) groups is 3. The van der Waals surface area contributed by atoms with E-state index in [0.29, 0.717) is 11.3 Å². The molecule has 0 fully saturated rings. The molecule has 182 valence electrons. The van der Waals surface area contributed by atoms with Crippen LogP contribution in [0.2, 0.25) is 0 Å². The highest BCUT2D eigenvalue weighted by Crippen LogP contribution is 2.41. The molecule has 1 aliphatic heterocycles. The summed E-state index contributed by atoms with van der Waals surface area (Å²) in [6, 6.07) is 4.85. The van der Waals surface area contributed by atoms with E-state index in [1.165, 1.54) is 24.0 Å². The zero-order chi connectivity index (χ0) is 25.2. The Labute approximate surface area is 197 Å². The maximum Gasteiger partial charge on any atom is 0.429 e. The van der Waals surface area contributed by atoms with E-state index in [1.54, 1.807) is 58.1 Å². The number of non-ortho nitro benzene ring substituents is 1. The summed E-state index contributed by atoms with van der Waals surface area (Å²) in [5.74, 6) is -0.698. The fourth-order valence-corrected chi connectivity index (χ4v) is 4.06. The van der Waals surface area contributed by atoms with Gasteiger partial charge in [-0.25, -0.2) is 20.0 Å². The second-order valence-corrected chi connectivity index (χ2v) is 8.56. The summed E-state index contributed by atoms with van der Waals surface area (Å²) in [5.41, 5.74) is 3.33. The molecule has 34 heavy (non-hydrogen) atoms. The smallest absolute Gasteiger partial charge is 0.429 e. The van der Waals surface area contributed by atoms with Crippen molar-refractivity contribution in [3.63, 3.8) is 0 Å². The van der Waals surface area contributed by atoms with E-state index in [2.05, 4.69) is 5.43 Å². The Bertz CT molecular complexity index is 1050. The highest BCUT2D eigenvalue weighted by Gasteiger charge is 2.46. The molecule has 0 saturated carbocycles. The Hall–Kier alpha value is -3.89. The summed E-state index contributed by atoms with van der Waals surface area (Å²) in [7, 11) is 0. The molecule has 2 aliphatic rings. The van der Waals surface area contributed by atoms with Gasteiger partial charge in [-0.15, -0.1) is 0 Å². The molecule has 0 aromatic heterocycles. The molecule has 3 amide bonds. The molecule has 3 atom stereocenters. The largest absolute Gasteiger partial charge is 0.446 e. The highest BCUT2D eigenvalue weighted by molar-refractivity contribution is 5.88. The second kappa shape index (κ2) is 9.94. The first-order chi connectivity index (χ1) is 16.0. The average molecular weight is 472 g/mol. The normalized spacial score (nSPS) is 20.7. The Morgan fingerprint density at radius 3 is 2.38 bits per heavy atom. The predicted molar refractivity (Wildman–Crippen MR) is 122 cm³/mol. The van der Waals surface area contributed by atoms with Crippen molar-refractivity contribution in [1.82, 2.24) is 15.3 Å². The summed E-state index contributed by atoms with van der Waals surface area (Å²) >= 11 is 0. The second-order valence-electron chi connectivity index (χ2n) is 8.56. The van der Waals surface area contributed by atoms with Gasteiger partial charge in [0.15, 0.2) is 0 Å². The zero-order valence-electron chi connectivity index (χ0n) is 19.6. The summed E-state index contributed by atoms with van der Waals surface area (Å²) in [4.78, 5) is 50.0. The topological polar surface area (TPSA) is 131 Å². The Morgan fingerprint density at radius 1 is 1.12 bits per heavy atom. The summed E-state index contributed by atoms with van der Waals surface area (Å²) < 4.78 is 10.4. The van der Waals surface area contributed by atoms with Crippen LogP contribution >= 0.6 is 0 Å². The summed E-state index contributed by atoms with van der Waals surface area (Å²) in [6.45, 7) is 8.12. The van der Waals surface area contributed by atoms with Gasteiger partial charge in [0, 0.05) is 36.2 Å². The van der Waals surface area contributed by atoms with E-state index in [4.69, 9.17) is 9.47 Å². The van der Waals surface area contributed by atoms with Gasteiger partial charge < -0.3 is 14.4 Å². The van der Waals surface area contributed by atoms with E-state index in [0.717, 1.165) is 5.01 Å². The number of benzene rings is 1. The van der Waals surface area contributed by atoms with Crippen molar-refractivity contribution in [3.05, 3.63) is 58.2 Å². The maximum absolute atomic E-state index is 12.9. The van der Waals surface area contributed by atoms with Crippen molar-refractivity contribution >= 4 is 29.5 Å². The Kier molecular flexibility index (Phi) is 7.23. The zero-order valence-corrected chi connectivity index (χ0v) is 19.6. The van der Waals surface area contributed by atoms with Crippen molar-refractivity contribution in [2.24, 2.45) is 5.92 Å². The minimum Gasteiger partial charge on any atom is -0.446 e. The quantitative estimate of drug-likeness (QED) is 0.393. The molecule has 1 aromatic carbocycles. The SMILES string of the molecule is CC(=O)N1C(c2cccc([N+](=O)[O-])c2)=C[C@H]2C(N(NC(=O)OC(C)C)C(=O)OC(C)C)C=C[C@H]21. The van der Waals surface area contributed by atoms with Crippen LogP contribution in [0.4, 0.5) is 15.3 Å². The van der Waals surface area contributed by atoms with Gasteiger partial charge in [-0.05, 0) is 27.7 Å². The lowest BCUT2D eigenvalue weighted by Crippen LogP contribution is -2.54. The molecule has 0 bridgehead atoms. The monoisotopic (exact) mass is 472 g/mol. The van der Waals surface area contributed by atoms with Crippen LogP contribution in [-0.2, 0) is 14.3 Å². The van der Waals surface area contributed by atoms with Crippen LogP contribution in [0.15, 0.2) is 42.5 Å². The number of hydrogen-bond acceptors (Lipinski definition) is 7. The number of nitrogens with zero attached hydrogens (tertiary/aromatic N) is 3. The molecule has 1 aliphatic carbocycles. The van der Waals surface area contributed by atoms with Crippen LogP contribution in [-0.4, -0.2) is 57.2 Å². The molecule has 0 radical (unpaired) electrons. The molecule has 1 aromatic rings. The molecule has 1 N–H and O–H groups in total. The number of ether oxygens (including phenoxy) is 2. The third-order valence-electron chi connectivity index (χ3n) is 5.28. The van der Waals surface area contributed by atoms with Gasteiger partial charge in [-0.1, -0.05) is 30.4 Å². The van der Waals surface area contributed by atoms with Gasteiger partial charge in [-0.2, -0.15) is 0 Å². The van der Waals surface area contributed by atoms with Gasteiger partial charge in [-0.3, -0.25) is 14.9 Å². The maximum atomic E-state index is 12.9. The lowest BCUT2D eigenvalue weighted by molar-refractivity contribution is -0.384. The lowest BCUT2D eigenvalue weighted by Gasteiger charge is -2.32. The van der Waals surface area contributed by atoms with Crippen LogP contribution < -0.4 is 5.43 Å². The number of fused-ring (bicyclic) bond motifs is 1. The summed E-state index contributed by atoms with van der Waals surface area (Å²) in [6.07, 6.45) is 2.81. The fourth-order valence-electron chi connectivity index (χ4n) is 4.06. The van der Waals surface area contributed by atoms with Crippen molar-refractivity contribution in [2.75, 3.05) is 0 Å². The van der Waals surface area contributed by atoms with Gasteiger partial charge in [0.25, 0.3) is 5.69 Å². The Morgan fingerprint density at radius 2 is 1.79 bits per heavy atom. The standard InChI is InChI=1S/C23H28N4O7/c1-13(2)33-22(29)24-26(23(30)34-14(3)4)20-10-9-19-18(20)12-21(25(19)15(5)28)16-7-6-8-17(11-16)27(31)32/h6-14,18-20H,1-5H3,(H,24,29)/t18-,19-,20?/m1/s1. The number of nitro benzene ring substituents is 1. The summed E-state index contributed by atoms with van der Waals surface area (Å²) in [5, 5.41) is 12.3. The van der Waals surface area contributed by atoms with Crippen molar-refractivity contribution in [1.29, 1.82) is 0 Å². The first-order valence-electron chi connectivity index (χ1n) is 10.9. The van der Waals surface area contributed by atoms with Gasteiger partial charge in [0.1, 0.15) is 0 Å². The molecule has 0 spiro atoms. The van der Waals surface area contributed by atoms with E-state index >= 15 is 0 Å². The molecule has 3 rings (SSSR count). The van der Waals surface area contributed by atoms with E-state index in [-0.39, 0.29) is 11.6 Å². The molecule has 1 unspecified atom stereocenters. The minimum absolute atomic E-state index is 0.105. The van der Waals surface area contributed by atoms with Crippen molar-refractivity contribution < 1.29 is 28.8 Å². The van der Waals surface area contributed by atoms with Gasteiger partial charge in [0.2, 0.25) is 5.91 Å². The van der Waals surface area contributed by atoms with Crippen LogP contribution in [0.25, 0.3) is 5.70 Å². The number of nitrogens with one attached hydrogen (secondary N) is 1. The van der Waals surface area contributed by atoms with E-state index in [9.17, 15) is 24.5 Å². The van der Waals surface area contributed by atoms with Crippen molar-refractivity contribution in [2.45, 2.75) is 58.9 Å². The minimum atomic E-state index is -0.822. The van der Waals surface area contributed by atoms with Crippen LogP contribution in [0.1, 0.15) is 40.2 Å². The first-order valence-corrected chi connectivity index (χ1v) is 10.9. The van der Waals surface area contributed by atoms with Gasteiger partial charge >= 0.3 is 12.2 Å². The predicted octanol–water partition coefficient (Wildman–Crippen LogP) is 3.62. The van der Waals surface area contributed by atoms with E-state index in [1.807, 2.05) is 0 Å².